The third kappa shape index (κ3) is 3.51. The van der Waals surface area contributed by atoms with Crippen LogP contribution in [0.25, 0.3) is 0 Å². The number of hydrogen-bond donors (Lipinski definition) is 1. The van der Waals surface area contributed by atoms with Gasteiger partial charge < -0.3 is 19.3 Å². The molecule has 0 radical (unpaired) electrons. The summed E-state index contributed by atoms with van der Waals surface area (Å²) in [6.45, 7) is 1.00. The minimum absolute atomic E-state index is 0.189. The maximum atomic E-state index is 12.7. The average molecular weight is 343 g/mol. The quantitative estimate of drug-likeness (QED) is 0.913. The number of carbonyl (C=O) groups is 1. The first-order valence-corrected chi connectivity index (χ1v) is 8.75. The Labute approximate surface area is 145 Å². The molecule has 1 N–H and O–H groups in total. The average Bonchev–Trinajstić information content (AvgIpc) is 3.08. The van der Waals surface area contributed by atoms with Gasteiger partial charge in [-0.25, -0.2) is 4.98 Å². The van der Waals surface area contributed by atoms with Gasteiger partial charge in [-0.3, -0.25) is 4.79 Å². The molecular formula is C18H21N3O4. The summed E-state index contributed by atoms with van der Waals surface area (Å²) in [6, 6.07) is 5.26. The Bertz CT molecular complexity index is 731. The lowest BCUT2D eigenvalue weighted by atomic mass is 9.96. The summed E-state index contributed by atoms with van der Waals surface area (Å²) in [4.78, 5) is 16.9. The zero-order valence-electron chi connectivity index (χ0n) is 13.9. The van der Waals surface area contributed by atoms with E-state index in [0.717, 1.165) is 36.9 Å². The van der Waals surface area contributed by atoms with Crippen LogP contribution in [0.2, 0.25) is 0 Å². The molecular weight excluding hydrogens is 322 g/mol. The van der Waals surface area contributed by atoms with Crippen LogP contribution in [0.15, 0.2) is 28.9 Å². The SMILES string of the molecule is O=C(N[C@@H]1COCC[C@H]1Oc1ccccn1)c1onc2c1CCCC2. The van der Waals surface area contributed by atoms with Gasteiger partial charge in [-0.05, 0) is 31.7 Å². The van der Waals surface area contributed by atoms with Crippen molar-refractivity contribution in [2.75, 3.05) is 13.2 Å². The molecule has 2 aromatic heterocycles. The number of amides is 1. The van der Waals surface area contributed by atoms with Crippen LogP contribution in [0.1, 0.15) is 41.1 Å². The number of nitrogens with one attached hydrogen (secondary N) is 1. The predicted molar refractivity (Wildman–Crippen MR) is 88.5 cm³/mol. The fourth-order valence-electron chi connectivity index (χ4n) is 3.37. The molecule has 0 saturated carbocycles. The number of nitrogens with zero attached hydrogens (tertiary/aromatic N) is 2. The lowest BCUT2D eigenvalue weighted by Crippen LogP contribution is -2.52. The van der Waals surface area contributed by atoms with Crippen LogP contribution in [0, 0.1) is 0 Å². The van der Waals surface area contributed by atoms with E-state index in [1.54, 1.807) is 12.3 Å². The van der Waals surface area contributed by atoms with E-state index in [0.29, 0.717) is 31.3 Å². The highest BCUT2D eigenvalue weighted by molar-refractivity contribution is 5.93. The third-order valence-electron chi connectivity index (χ3n) is 4.69. The van der Waals surface area contributed by atoms with E-state index in [1.165, 1.54) is 0 Å². The maximum absolute atomic E-state index is 12.7. The first-order valence-electron chi connectivity index (χ1n) is 8.75. The first-order chi connectivity index (χ1) is 12.3. The van der Waals surface area contributed by atoms with Crippen LogP contribution in [0.3, 0.4) is 0 Å². The highest BCUT2D eigenvalue weighted by atomic mass is 16.5. The van der Waals surface area contributed by atoms with Crippen molar-refractivity contribution in [2.45, 2.75) is 44.2 Å². The van der Waals surface area contributed by atoms with Crippen molar-refractivity contribution in [3.63, 3.8) is 0 Å². The second-order valence-corrected chi connectivity index (χ2v) is 6.41. The molecule has 0 aromatic carbocycles. The summed E-state index contributed by atoms with van der Waals surface area (Å²) in [5, 5.41) is 7.04. The zero-order valence-corrected chi connectivity index (χ0v) is 13.9. The van der Waals surface area contributed by atoms with Gasteiger partial charge in [0.25, 0.3) is 5.91 Å². The van der Waals surface area contributed by atoms with E-state index in [2.05, 4.69) is 15.5 Å². The molecule has 0 unspecified atom stereocenters. The van der Waals surface area contributed by atoms with Crippen molar-refractivity contribution in [1.29, 1.82) is 0 Å². The van der Waals surface area contributed by atoms with Gasteiger partial charge in [0.1, 0.15) is 6.10 Å². The number of hydrogen-bond acceptors (Lipinski definition) is 6. The fraction of sp³-hybridized carbons (Fsp3) is 0.500. The molecule has 7 nitrogen and oxygen atoms in total. The van der Waals surface area contributed by atoms with Gasteiger partial charge in [-0.2, -0.15) is 0 Å². The van der Waals surface area contributed by atoms with Crippen molar-refractivity contribution in [1.82, 2.24) is 15.5 Å². The summed E-state index contributed by atoms with van der Waals surface area (Å²) in [5.41, 5.74) is 1.86. The molecule has 7 heteroatoms. The lowest BCUT2D eigenvalue weighted by molar-refractivity contribution is -0.00490. The van der Waals surface area contributed by atoms with Gasteiger partial charge in [-0.1, -0.05) is 11.2 Å². The van der Waals surface area contributed by atoms with Crippen LogP contribution in [0.4, 0.5) is 0 Å². The molecule has 4 rings (SSSR count). The second-order valence-electron chi connectivity index (χ2n) is 6.41. The molecule has 25 heavy (non-hydrogen) atoms. The number of aromatic nitrogens is 2. The second kappa shape index (κ2) is 7.23. The van der Waals surface area contributed by atoms with E-state index >= 15 is 0 Å². The van der Waals surface area contributed by atoms with Crippen molar-refractivity contribution in [3.8, 4) is 5.88 Å². The molecule has 3 heterocycles. The topological polar surface area (TPSA) is 86.5 Å². The summed E-state index contributed by atoms with van der Waals surface area (Å²) >= 11 is 0. The minimum Gasteiger partial charge on any atom is -0.472 e. The molecule has 1 amide bonds. The van der Waals surface area contributed by atoms with Crippen LogP contribution in [0.5, 0.6) is 5.88 Å². The highest BCUT2D eigenvalue weighted by Crippen LogP contribution is 2.24. The monoisotopic (exact) mass is 343 g/mol. The number of pyridine rings is 1. The summed E-state index contributed by atoms with van der Waals surface area (Å²) in [7, 11) is 0. The molecule has 2 atom stereocenters. The first kappa shape index (κ1) is 16.1. The van der Waals surface area contributed by atoms with Crippen molar-refractivity contribution >= 4 is 5.91 Å². The Morgan fingerprint density at radius 1 is 1.28 bits per heavy atom. The highest BCUT2D eigenvalue weighted by Gasteiger charge is 2.32. The lowest BCUT2D eigenvalue weighted by Gasteiger charge is -2.31. The fourth-order valence-corrected chi connectivity index (χ4v) is 3.37. The number of aryl methyl sites for hydroxylation is 1. The maximum Gasteiger partial charge on any atom is 0.290 e. The molecule has 2 aromatic rings. The van der Waals surface area contributed by atoms with E-state index in [9.17, 15) is 4.79 Å². The Hall–Kier alpha value is -2.41. The molecule has 1 aliphatic carbocycles. The number of fused-ring (bicyclic) bond motifs is 1. The van der Waals surface area contributed by atoms with E-state index < -0.39 is 0 Å². The van der Waals surface area contributed by atoms with Crippen molar-refractivity contribution < 1.29 is 18.8 Å². The van der Waals surface area contributed by atoms with Gasteiger partial charge in [0.15, 0.2) is 0 Å². The van der Waals surface area contributed by atoms with Crippen molar-refractivity contribution in [3.05, 3.63) is 41.4 Å². The number of rotatable bonds is 4. The largest absolute Gasteiger partial charge is 0.472 e. The van der Waals surface area contributed by atoms with Crippen molar-refractivity contribution in [2.24, 2.45) is 0 Å². The molecule has 0 spiro atoms. The van der Waals surface area contributed by atoms with Crippen LogP contribution in [-0.2, 0) is 17.6 Å². The van der Waals surface area contributed by atoms with E-state index in [4.69, 9.17) is 14.0 Å². The predicted octanol–water partition coefficient (Wildman–Crippen LogP) is 1.91. The minimum atomic E-state index is -0.257. The molecule has 0 bridgehead atoms. The normalized spacial score (nSPS) is 22.9. The van der Waals surface area contributed by atoms with E-state index in [1.807, 2.05) is 12.1 Å². The van der Waals surface area contributed by atoms with Crippen LogP contribution >= 0.6 is 0 Å². The molecule has 2 aliphatic rings. The van der Waals surface area contributed by atoms with Gasteiger partial charge in [-0.15, -0.1) is 0 Å². The third-order valence-corrected chi connectivity index (χ3v) is 4.69. The number of ether oxygens (including phenoxy) is 2. The Kier molecular flexibility index (Phi) is 4.65. The Morgan fingerprint density at radius 3 is 3.08 bits per heavy atom. The van der Waals surface area contributed by atoms with Gasteiger partial charge in [0.05, 0.1) is 24.9 Å². The summed E-state index contributed by atoms with van der Waals surface area (Å²) in [6.07, 6.45) is 6.06. The van der Waals surface area contributed by atoms with E-state index in [-0.39, 0.29) is 18.1 Å². The molecule has 1 aliphatic heterocycles. The summed E-state index contributed by atoms with van der Waals surface area (Å²) < 4.78 is 16.8. The standard InChI is InChI=1S/C18H21N3O4/c22-18(17-12-5-1-2-6-13(12)21-25-17)20-14-11-23-10-8-15(14)24-16-7-3-4-9-19-16/h3-4,7,9,14-15H,1-2,5-6,8,10-11H2,(H,20,22)/t14-,15-/m1/s1. The van der Waals surface area contributed by atoms with Gasteiger partial charge in [0, 0.05) is 24.2 Å². The van der Waals surface area contributed by atoms with Crippen LogP contribution < -0.4 is 10.1 Å². The Balaban J connectivity index is 1.46. The number of carbonyl (C=O) groups excluding carboxylic acids is 1. The molecule has 1 saturated heterocycles. The van der Waals surface area contributed by atoms with Crippen LogP contribution in [-0.4, -0.2) is 41.4 Å². The summed E-state index contributed by atoms with van der Waals surface area (Å²) in [5.74, 6) is 0.628. The van der Waals surface area contributed by atoms with Gasteiger partial charge in [0.2, 0.25) is 11.6 Å². The smallest absolute Gasteiger partial charge is 0.290 e. The zero-order chi connectivity index (χ0) is 17.1. The molecule has 132 valence electrons. The molecule has 1 fully saturated rings. The Morgan fingerprint density at radius 2 is 2.20 bits per heavy atom. The van der Waals surface area contributed by atoms with Gasteiger partial charge >= 0.3 is 0 Å².